The van der Waals surface area contributed by atoms with Gasteiger partial charge in [0.05, 0.1) is 9.82 Å². The molecule has 0 atom stereocenters. The molecule has 7 heteroatoms. The highest BCUT2D eigenvalue weighted by Gasteiger charge is 2.12. The van der Waals surface area contributed by atoms with Gasteiger partial charge in [0.25, 0.3) is 5.69 Å². The Morgan fingerprint density at radius 1 is 1.09 bits per heavy atom. The first-order chi connectivity index (χ1) is 10.4. The summed E-state index contributed by atoms with van der Waals surface area (Å²) in [4.78, 5) is 11.0. The minimum atomic E-state index is -3.61. The van der Waals surface area contributed by atoms with Crippen LogP contribution in [0.15, 0.2) is 69.1 Å². The molecule has 0 aliphatic heterocycles. The molecule has 5 nitrogen and oxygen atoms in total. The average Bonchev–Trinajstić information content (AvgIpc) is 2.49. The van der Waals surface area contributed by atoms with Gasteiger partial charge >= 0.3 is 0 Å². The van der Waals surface area contributed by atoms with E-state index in [9.17, 15) is 18.5 Å². The topological polar surface area (TPSA) is 77.3 Å². The molecule has 0 saturated carbocycles. The van der Waals surface area contributed by atoms with Crippen LogP contribution in [0.25, 0.3) is 0 Å². The number of aryl methyl sites for hydroxylation is 1. The molecule has 0 unspecified atom stereocenters. The van der Waals surface area contributed by atoms with Crippen LogP contribution in [0.3, 0.4) is 0 Å². The van der Waals surface area contributed by atoms with Crippen molar-refractivity contribution < 1.29 is 13.3 Å². The first-order valence-electron chi connectivity index (χ1n) is 6.28. The molecule has 0 bridgehead atoms. The Bertz CT molecular complexity index is 812. The van der Waals surface area contributed by atoms with Crippen LogP contribution in [0.5, 0.6) is 0 Å². The van der Waals surface area contributed by atoms with E-state index in [1.807, 2.05) is 31.2 Å². The molecule has 0 aliphatic rings. The maximum Gasteiger partial charge on any atom is 0.269 e. The number of nitro groups is 1. The van der Waals surface area contributed by atoms with Crippen LogP contribution < -0.4 is 0 Å². The highest BCUT2D eigenvalue weighted by atomic mass is 32.2. The van der Waals surface area contributed by atoms with Gasteiger partial charge in [-0.3, -0.25) is 10.1 Å². The average molecular weight is 335 g/mol. The second-order valence-electron chi connectivity index (χ2n) is 4.45. The molecule has 0 heterocycles. The second-order valence-corrected chi connectivity index (χ2v) is 7.23. The lowest BCUT2D eigenvalue weighted by Gasteiger charge is -2.01. The smallest absolute Gasteiger partial charge is 0.258 e. The molecule has 0 aliphatic carbocycles. The zero-order valence-corrected chi connectivity index (χ0v) is 13.3. The quantitative estimate of drug-likeness (QED) is 0.470. The van der Waals surface area contributed by atoms with Gasteiger partial charge in [-0.15, -0.1) is 0 Å². The van der Waals surface area contributed by atoms with E-state index in [4.69, 9.17) is 0 Å². The van der Waals surface area contributed by atoms with Crippen LogP contribution in [0.2, 0.25) is 0 Å². The van der Waals surface area contributed by atoms with Crippen LogP contribution in [0.1, 0.15) is 5.56 Å². The predicted octanol–water partition coefficient (Wildman–Crippen LogP) is 3.94. The summed E-state index contributed by atoms with van der Waals surface area (Å²) < 4.78 is 24.2. The van der Waals surface area contributed by atoms with Crippen molar-refractivity contribution in [3.63, 3.8) is 0 Å². The molecule has 0 radical (unpaired) electrons. The molecule has 0 aromatic heterocycles. The number of hydrogen-bond donors (Lipinski definition) is 0. The minimum absolute atomic E-state index is 0.0275. The summed E-state index contributed by atoms with van der Waals surface area (Å²) in [6.45, 7) is 1.95. The Morgan fingerprint density at radius 3 is 2.32 bits per heavy atom. The van der Waals surface area contributed by atoms with Crippen molar-refractivity contribution in [2.45, 2.75) is 16.7 Å². The van der Waals surface area contributed by atoms with Gasteiger partial charge in [0.15, 0.2) is 9.84 Å². The minimum Gasteiger partial charge on any atom is -0.258 e. The van der Waals surface area contributed by atoms with E-state index in [0.29, 0.717) is 0 Å². The summed E-state index contributed by atoms with van der Waals surface area (Å²) in [6, 6.07) is 12.5. The normalized spacial score (nSPS) is 11.7. The summed E-state index contributed by atoms with van der Waals surface area (Å²) >= 11 is 1.31. The fourth-order valence-electron chi connectivity index (χ4n) is 1.70. The number of hydrogen-bond acceptors (Lipinski definition) is 5. The molecule has 0 amide bonds. The van der Waals surface area contributed by atoms with Crippen molar-refractivity contribution in [1.82, 2.24) is 0 Å². The fourth-order valence-corrected chi connectivity index (χ4v) is 3.74. The van der Waals surface area contributed by atoms with Gasteiger partial charge in [-0.1, -0.05) is 30.0 Å². The lowest BCUT2D eigenvalue weighted by atomic mass is 10.2. The van der Waals surface area contributed by atoms with Gasteiger partial charge in [-0.05, 0) is 36.1 Å². The Labute approximate surface area is 132 Å². The van der Waals surface area contributed by atoms with Crippen molar-refractivity contribution in [2.75, 3.05) is 0 Å². The van der Waals surface area contributed by atoms with Gasteiger partial charge < -0.3 is 0 Å². The maximum atomic E-state index is 12.1. The van der Waals surface area contributed by atoms with Crippen LogP contribution in [-0.2, 0) is 9.84 Å². The van der Waals surface area contributed by atoms with Crippen LogP contribution in [0.4, 0.5) is 5.69 Å². The van der Waals surface area contributed by atoms with Gasteiger partial charge in [0.1, 0.15) is 0 Å². The zero-order chi connectivity index (χ0) is 16.2. The van der Waals surface area contributed by atoms with E-state index in [2.05, 4.69) is 0 Å². The second kappa shape index (κ2) is 6.76. The summed E-state index contributed by atoms with van der Waals surface area (Å²) in [7, 11) is -3.61. The molecule has 0 fully saturated rings. The Kier molecular flexibility index (Phi) is 4.99. The first-order valence-corrected chi connectivity index (χ1v) is 8.71. The predicted molar refractivity (Wildman–Crippen MR) is 86.5 cm³/mol. The first kappa shape index (κ1) is 16.3. The molecule has 0 saturated heterocycles. The summed E-state index contributed by atoms with van der Waals surface area (Å²) in [5.41, 5.74) is 0.919. The molecule has 114 valence electrons. The molecule has 0 spiro atoms. The number of nitro benzene ring substituents is 1. The van der Waals surface area contributed by atoms with Crippen molar-refractivity contribution >= 4 is 27.3 Å². The van der Waals surface area contributed by atoms with E-state index < -0.39 is 14.8 Å². The molecular weight excluding hydrogens is 322 g/mol. The third kappa shape index (κ3) is 3.96. The van der Waals surface area contributed by atoms with E-state index in [1.54, 1.807) is 0 Å². The molecule has 2 rings (SSSR count). The molecule has 0 N–H and O–H groups in total. The van der Waals surface area contributed by atoms with Crippen molar-refractivity contribution in [3.8, 4) is 0 Å². The number of rotatable bonds is 5. The Morgan fingerprint density at radius 2 is 1.73 bits per heavy atom. The number of sulfone groups is 1. The SMILES string of the molecule is Cc1ccccc1SC=CS(=O)(=O)c1ccc([N+](=O)[O-])cc1. The van der Waals surface area contributed by atoms with Crippen molar-refractivity contribution in [1.29, 1.82) is 0 Å². The maximum absolute atomic E-state index is 12.1. The molecule has 2 aromatic rings. The summed E-state index contributed by atoms with van der Waals surface area (Å²) in [5, 5.41) is 13.2. The zero-order valence-electron chi connectivity index (χ0n) is 11.7. The fraction of sp³-hybridized carbons (Fsp3) is 0.0667. The van der Waals surface area contributed by atoms with Gasteiger partial charge in [0.2, 0.25) is 0 Å². The van der Waals surface area contributed by atoms with E-state index >= 15 is 0 Å². The van der Waals surface area contributed by atoms with Crippen LogP contribution >= 0.6 is 11.8 Å². The molecular formula is C15H13NO4S2. The highest BCUT2D eigenvalue weighted by molar-refractivity contribution is 8.03. The third-order valence-electron chi connectivity index (χ3n) is 2.90. The number of non-ortho nitro benzene ring substituents is 1. The lowest BCUT2D eigenvalue weighted by Crippen LogP contribution is -1.96. The number of nitrogens with zero attached hydrogens (tertiary/aromatic N) is 1. The van der Waals surface area contributed by atoms with Gasteiger partial charge in [-0.2, -0.15) is 0 Å². The Balaban J connectivity index is 2.15. The van der Waals surface area contributed by atoms with Gasteiger partial charge in [0, 0.05) is 22.4 Å². The van der Waals surface area contributed by atoms with Crippen molar-refractivity contribution in [3.05, 3.63) is 75.0 Å². The largest absolute Gasteiger partial charge is 0.269 e. The number of thioether (sulfide) groups is 1. The lowest BCUT2D eigenvalue weighted by molar-refractivity contribution is -0.384. The number of benzene rings is 2. The van der Waals surface area contributed by atoms with E-state index in [0.717, 1.165) is 15.9 Å². The molecule has 2 aromatic carbocycles. The standard InChI is InChI=1S/C15H13NO4S2/c1-12-4-2-3-5-15(12)21-10-11-22(19,20)14-8-6-13(7-9-14)16(17)18/h2-11H,1H3. The molecule has 22 heavy (non-hydrogen) atoms. The summed E-state index contributed by atoms with van der Waals surface area (Å²) in [5.74, 6) is 0. The summed E-state index contributed by atoms with van der Waals surface area (Å²) in [6.07, 6.45) is 0. The van der Waals surface area contributed by atoms with E-state index in [-0.39, 0.29) is 10.6 Å². The highest BCUT2D eigenvalue weighted by Crippen LogP contribution is 2.24. The monoisotopic (exact) mass is 335 g/mol. The Hall–Kier alpha value is -2.12. The van der Waals surface area contributed by atoms with Crippen molar-refractivity contribution in [2.24, 2.45) is 0 Å². The van der Waals surface area contributed by atoms with Crippen LogP contribution in [0, 0.1) is 17.0 Å². The van der Waals surface area contributed by atoms with Crippen LogP contribution in [-0.4, -0.2) is 13.3 Å². The third-order valence-corrected chi connectivity index (χ3v) is 5.48. The van der Waals surface area contributed by atoms with E-state index in [1.165, 1.54) is 41.4 Å². The van der Waals surface area contributed by atoms with Gasteiger partial charge in [-0.25, -0.2) is 8.42 Å².